The Hall–Kier alpha value is -0.920. The first-order valence-electron chi connectivity index (χ1n) is 5.11. The van der Waals surface area contributed by atoms with E-state index >= 15 is 0 Å². The van der Waals surface area contributed by atoms with E-state index in [2.05, 4.69) is 11.9 Å². The molecule has 0 aromatic heterocycles. The van der Waals surface area contributed by atoms with Gasteiger partial charge in [-0.05, 0) is 19.4 Å². The van der Waals surface area contributed by atoms with E-state index in [-0.39, 0.29) is 5.92 Å². The molecule has 6 nitrogen and oxygen atoms in total. The summed E-state index contributed by atoms with van der Waals surface area (Å²) in [6, 6.07) is 0. The van der Waals surface area contributed by atoms with Crippen molar-refractivity contribution in [2.75, 3.05) is 6.54 Å². The van der Waals surface area contributed by atoms with Crippen molar-refractivity contribution in [3.8, 4) is 0 Å². The summed E-state index contributed by atoms with van der Waals surface area (Å²) in [5, 5.41) is 2.06. The molecular weight excluding hydrogens is 230 g/mol. The van der Waals surface area contributed by atoms with Crippen LogP contribution in [0.3, 0.4) is 0 Å². The highest BCUT2D eigenvalue weighted by molar-refractivity contribution is 7.90. The average molecular weight is 245 g/mol. The maximum Gasteiger partial charge on any atom is 0.254 e. The second-order valence-electron chi connectivity index (χ2n) is 4.29. The van der Waals surface area contributed by atoms with Gasteiger partial charge < -0.3 is 5.73 Å². The molecule has 1 saturated heterocycles. The monoisotopic (exact) mass is 245 g/mol. The van der Waals surface area contributed by atoms with Gasteiger partial charge >= 0.3 is 0 Å². The summed E-state index contributed by atoms with van der Waals surface area (Å²) in [5.74, 6) is -0.761. The molecule has 7 heteroatoms. The van der Waals surface area contributed by atoms with Crippen LogP contribution in [-0.4, -0.2) is 31.8 Å². The molecule has 1 heterocycles. The minimum absolute atomic E-state index is 0.128. The van der Waals surface area contributed by atoms with E-state index in [0.717, 1.165) is 0 Å². The van der Waals surface area contributed by atoms with Crippen molar-refractivity contribution < 1.29 is 13.2 Å². The van der Waals surface area contributed by atoms with Gasteiger partial charge in [-0.1, -0.05) is 6.08 Å². The normalized spacial score (nSPS) is 37.3. The first-order chi connectivity index (χ1) is 7.40. The third kappa shape index (κ3) is 1.74. The smallest absolute Gasteiger partial charge is 0.254 e. The predicted octanol–water partition coefficient (Wildman–Crippen LogP) is -1.34. The molecule has 0 aromatic carbocycles. The molecule has 1 amide bonds. The van der Waals surface area contributed by atoms with Crippen molar-refractivity contribution in [3.05, 3.63) is 12.7 Å². The summed E-state index contributed by atoms with van der Waals surface area (Å²) in [7, 11) is -3.62. The lowest BCUT2D eigenvalue weighted by Gasteiger charge is -2.27. The Labute approximate surface area is 94.3 Å². The highest BCUT2D eigenvalue weighted by Crippen LogP contribution is 2.42. The summed E-state index contributed by atoms with van der Waals surface area (Å²) in [6.45, 7) is 4.19. The molecule has 0 bridgehead atoms. The number of sulfonamides is 1. The molecule has 1 saturated carbocycles. The van der Waals surface area contributed by atoms with Gasteiger partial charge in [-0.25, -0.2) is 8.42 Å². The van der Waals surface area contributed by atoms with E-state index in [9.17, 15) is 13.2 Å². The van der Waals surface area contributed by atoms with Crippen LogP contribution in [0, 0.1) is 5.92 Å². The molecular formula is C9H15N3O3S. The van der Waals surface area contributed by atoms with E-state index in [1.54, 1.807) is 6.08 Å². The van der Waals surface area contributed by atoms with E-state index in [4.69, 9.17) is 5.73 Å². The van der Waals surface area contributed by atoms with Crippen molar-refractivity contribution in [2.45, 2.75) is 23.8 Å². The van der Waals surface area contributed by atoms with E-state index in [1.807, 2.05) is 4.72 Å². The number of nitrogens with one attached hydrogen (secondary N) is 2. The molecule has 4 N–H and O–H groups in total. The van der Waals surface area contributed by atoms with Crippen LogP contribution in [0.15, 0.2) is 12.7 Å². The highest BCUT2D eigenvalue weighted by atomic mass is 32.2. The fourth-order valence-electron chi connectivity index (χ4n) is 1.68. The molecule has 1 aliphatic carbocycles. The quantitative estimate of drug-likeness (QED) is 0.532. The van der Waals surface area contributed by atoms with Crippen LogP contribution in [0.1, 0.15) is 12.8 Å². The summed E-state index contributed by atoms with van der Waals surface area (Å²) >= 11 is 0. The van der Waals surface area contributed by atoms with Gasteiger partial charge in [0.15, 0.2) is 0 Å². The Morgan fingerprint density at radius 1 is 1.62 bits per heavy atom. The second kappa shape index (κ2) is 3.54. The number of amides is 1. The van der Waals surface area contributed by atoms with Crippen molar-refractivity contribution in [3.63, 3.8) is 0 Å². The lowest BCUT2D eigenvalue weighted by atomic mass is 10.2. The van der Waals surface area contributed by atoms with Crippen molar-refractivity contribution in [1.82, 2.24) is 10.0 Å². The van der Waals surface area contributed by atoms with Gasteiger partial charge in [0, 0.05) is 5.92 Å². The van der Waals surface area contributed by atoms with E-state index < -0.39 is 26.8 Å². The van der Waals surface area contributed by atoms with Crippen LogP contribution in [0.5, 0.6) is 0 Å². The minimum atomic E-state index is -3.62. The number of nitrogens with two attached hydrogens (primary N) is 1. The Bertz CT molecular complexity index is 429. The van der Waals surface area contributed by atoms with Crippen LogP contribution in [0.4, 0.5) is 0 Å². The third-order valence-corrected chi connectivity index (χ3v) is 4.78. The lowest BCUT2D eigenvalue weighted by Crippen LogP contribution is -2.56. The first-order valence-corrected chi connectivity index (χ1v) is 6.65. The van der Waals surface area contributed by atoms with Crippen LogP contribution < -0.4 is 15.8 Å². The Kier molecular flexibility index (Phi) is 2.56. The molecule has 2 rings (SSSR count). The van der Waals surface area contributed by atoms with E-state index in [0.29, 0.717) is 19.4 Å². The number of rotatable bonds is 4. The third-order valence-electron chi connectivity index (χ3n) is 3.15. The Morgan fingerprint density at radius 3 is 2.62 bits per heavy atom. The molecule has 2 aliphatic rings. The standard InChI is InChI=1S/C9H15N3O3S/c1-2-6-5-9(6,10)8(13)12-16(14,15)7-3-4-11-7/h2,6-7,11H,1,3-5,10H2,(H,12,13). The van der Waals surface area contributed by atoms with Crippen LogP contribution in [0.25, 0.3) is 0 Å². The Balaban J connectivity index is 2.00. The van der Waals surface area contributed by atoms with Crippen molar-refractivity contribution in [1.29, 1.82) is 0 Å². The molecule has 2 fully saturated rings. The van der Waals surface area contributed by atoms with Crippen LogP contribution in [-0.2, 0) is 14.8 Å². The zero-order chi connectivity index (χ0) is 12.0. The van der Waals surface area contributed by atoms with Gasteiger partial charge in [-0.2, -0.15) is 0 Å². The fraction of sp³-hybridized carbons (Fsp3) is 0.667. The number of carbonyl (C=O) groups is 1. The first kappa shape index (κ1) is 11.6. The largest absolute Gasteiger partial charge is 0.317 e. The number of hydrogen-bond acceptors (Lipinski definition) is 5. The van der Waals surface area contributed by atoms with Gasteiger partial charge in [0.1, 0.15) is 10.9 Å². The molecule has 3 atom stereocenters. The van der Waals surface area contributed by atoms with Crippen molar-refractivity contribution in [2.24, 2.45) is 11.7 Å². The number of carbonyl (C=O) groups excluding carboxylic acids is 1. The topological polar surface area (TPSA) is 101 Å². The van der Waals surface area contributed by atoms with Crippen LogP contribution >= 0.6 is 0 Å². The minimum Gasteiger partial charge on any atom is -0.317 e. The molecule has 90 valence electrons. The molecule has 3 unspecified atom stereocenters. The molecule has 1 aliphatic heterocycles. The number of hydrogen-bond donors (Lipinski definition) is 3. The Morgan fingerprint density at radius 2 is 2.25 bits per heavy atom. The zero-order valence-electron chi connectivity index (χ0n) is 8.77. The fourth-order valence-corrected chi connectivity index (χ4v) is 3.04. The summed E-state index contributed by atoms with van der Waals surface area (Å²) in [6.07, 6.45) is 2.55. The summed E-state index contributed by atoms with van der Waals surface area (Å²) in [4.78, 5) is 11.7. The van der Waals surface area contributed by atoms with Crippen molar-refractivity contribution >= 4 is 15.9 Å². The summed E-state index contributed by atoms with van der Waals surface area (Å²) < 4.78 is 25.3. The molecule has 0 radical (unpaired) electrons. The van der Waals surface area contributed by atoms with Gasteiger partial charge in [-0.3, -0.25) is 14.8 Å². The highest BCUT2D eigenvalue weighted by Gasteiger charge is 2.56. The predicted molar refractivity (Wildman–Crippen MR) is 58.7 cm³/mol. The molecule has 0 aromatic rings. The van der Waals surface area contributed by atoms with Crippen LogP contribution in [0.2, 0.25) is 0 Å². The SMILES string of the molecule is C=CC1CC1(N)C(=O)NS(=O)(=O)C1CCN1. The second-order valence-corrected chi connectivity index (χ2v) is 6.16. The van der Waals surface area contributed by atoms with Gasteiger partial charge in [0.05, 0.1) is 0 Å². The maximum absolute atomic E-state index is 11.7. The van der Waals surface area contributed by atoms with Gasteiger partial charge in [-0.15, -0.1) is 6.58 Å². The lowest BCUT2D eigenvalue weighted by molar-refractivity contribution is -0.121. The van der Waals surface area contributed by atoms with Gasteiger partial charge in [0.2, 0.25) is 0 Å². The summed E-state index contributed by atoms with van der Waals surface area (Å²) in [5.41, 5.74) is 4.66. The van der Waals surface area contributed by atoms with Gasteiger partial charge in [0.25, 0.3) is 15.9 Å². The molecule has 0 spiro atoms. The average Bonchev–Trinajstić information content (AvgIpc) is 2.73. The van der Waals surface area contributed by atoms with E-state index in [1.165, 1.54) is 0 Å². The molecule has 16 heavy (non-hydrogen) atoms. The zero-order valence-corrected chi connectivity index (χ0v) is 9.59. The maximum atomic E-state index is 11.7.